The van der Waals surface area contributed by atoms with Crippen molar-refractivity contribution in [3.05, 3.63) is 90.0 Å². The Balaban J connectivity index is 1.69. The van der Waals surface area contributed by atoms with Crippen molar-refractivity contribution in [2.45, 2.75) is 13.0 Å². The molecule has 3 nitrogen and oxygen atoms in total. The van der Waals surface area contributed by atoms with Crippen LogP contribution >= 0.6 is 0 Å². The molecular weight excluding hydrogens is 291 g/mol. The molecule has 1 unspecified atom stereocenters. The van der Waals surface area contributed by atoms with Crippen molar-refractivity contribution in [2.24, 2.45) is 0 Å². The van der Waals surface area contributed by atoms with E-state index in [1.165, 1.54) is 12.1 Å². The maximum absolute atomic E-state index is 12.9. The number of halogens is 1. The zero-order chi connectivity index (χ0) is 16.2. The third-order valence-electron chi connectivity index (χ3n) is 3.75. The van der Waals surface area contributed by atoms with E-state index in [-0.39, 0.29) is 17.8 Å². The number of hydrogen-bond donors (Lipinski definition) is 1. The second kappa shape index (κ2) is 6.48. The number of benzene rings is 2. The molecule has 23 heavy (non-hydrogen) atoms. The highest BCUT2D eigenvalue weighted by Gasteiger charge is 2.11. The largest absolute Gasteiger partial charge is 0.346 e. The molecule has 0 spiro atoms. The molecule has 3 aromatic rings. The van der Waals surface area contributed by atoms with Gasteiger partial charge < -0.3 is 9.88 Å². The van der Waals surface area contributed by atoms with E-state index < -0.39 is 0 Å². The van der Waals surface area contributed by atoms with Crippen LogP contribution in [-0.4, -0.2) is 10.5 Å². The van der Waals surface area contributed by atoms with Crippen LogP contribution < -0.4 is 5.32 Å². The van der Waals surface area contributed by atoms with Crippen molar-refractivity contribution in [3.8, 4) is 5.69 Å². The van der Waals surface area contributed by atoms with E-state index in [0.29, 0.717) is 5.56 Å². The molecule has 0 bridgehead atoms. The minimum atomic E-state index is -0.284. The summed E-state index contributed by atoms with van der Waals surface area (Å²) in [6.45, 7) is 1.87. The lowest BCUT2D eigenvalue weighted by Crippen LogP contribution is -2.26. The Morgan fingerprint density at radius 2 is 1.61 bits per heavy atom. The van der Waals surface area contributed by atoms with Crippen molar-refractivity contribution in [2.75, 3.05) is 0 Å². The lowest BCUT2D eigenvalue weighted by atomic mass is 10.1. The first kappa shape index (κ1) is 15.0. The number of nitrogens with one attached hydrogen (secondary N) is 1. The minimum Gasteiger partial charge on any atom is -0.346 e. The van der Waals surface area contributed by atoms with E-state index in [4.69, 9.17) is 0 Å². The summed E-state index contributed by atoms with van der Waals surface area (Å²) in [5, 5.41) is 2.92. The average molecular weight is 308 g/mol. The molecule has 0 radical (unpaired) electrons. The van der Waals surface area contributed by atoms with Crippen molar-refractivity contribution in [1.29, 1.82) is 0 Å². The molecule has 0 aliphatic rings. The van der Waals surface area contributed by atoms with Crippen molar-refractivity contribution < 1.29 is 9.18 Å². The Morgan fingerprint density at radius 1 is 1.00 bits per heavy atom. The summed E-state index contributed by atoms with van der Waals surface area (Å²) in [6.07, 6.45) is 3.90. The van der Waals surface area contributed by atoms with E-state index in [9.17, 15) is 9.18 Å². The number of hydrogen-bond acceptors (Lipinski definition) is 1. The predicted molar refractivity (Wildman–Crippen MR) is 88.1 cm³/mol. The summed E-state index contributed by atoms with van der Waals surface area (Å²) >= 11 is 0. The van der Waals surface area contributed by atoms with Crippen molar-refractivity contribution in [1.82, 2.24) is 9.88 Å². The molecule has 0 aliphatic carbocycles. The molecule has 0 saturated heterocycles. The molecule has 2 aromatic carbocycles. The maximum Gasteiger partial charge on any atom is 0.251 e. The van der Waals surface area contributed by atoms with Crippen LogP contribution in [0.2, 0.25) is 0 Å². The summed E-state index contributed by atoms with van der Waals surface area (Å²) in [6, 6.07) is 17.2. The number of carbonyl (C=O) groups is 1. The monoisotopic (exact) mass is 308 g/mol. The maximum atomic E-state index is 12.9. The van der Waals surface area contributed by atoms with Crippen LogP contribution in [0.4, 0.5) is 4.39 Å². The molecule has 116 valence electrons. The van der Waals surface area contributed by atoms with Crippen molar-refractivity contribution >= 4 is 5.91 Å². The Labute approximate surface area is 134 Å². The summed E-state index contributed by atoms with van der Waals surface area (Å²) in [5.41, 5.74) is 2.46. The molecule has 1 aromatic heterocycles. The number of carbonyl (C=O) groups excluding carboxylic acids is 1. The summed E-state index contributed by atoms with van der Waals surface area (Å²) in [4.78, 5) is 12.3. The van der Waals surface area contributed by atoms with Crippen LogP contribution in [0.25, 0.3) is 5.69 Å². The van der Waals surface area contributed by atoms with E-state index >= 15 is 0 Å². The first-order chi connectivity index (χ1) is 11.1. The molecule has 1 heterocycles. The third-order valence-corrected chi connectivity index (χ3v) is 3.75. The summed E-state index contributed by atoms with van der Waals surface area (Å²) in [5.74, 6) is -0.436. The van der Waals surface area contributed by atoms with Gasteiger partial charge in [-0.15, -0.1) is 0 Å². The molecule has 1 amide bonds. The molecule has 1 atom stereocenters. The minimum absolute atomic E-state index is 0.152. The van der Waals surface area contributed by atoms with Gasteiger partial charge >= 0.3 is 0 Å². The molecule has 3 rings (SSSR count). The molecule has 0 aliphatic heterocycles. The Kier molecular flexibility index (Phi) is 4.24. The quantitative estimate of drug-likeness (QED) is 0.773. The van der Waals surface area contributed by atoms with Gasteiger partial charge in [-0.3, -0.25) is 4.79 Å². The van der Waals surface area contributed by atoms with Gasteiger partial charge in [0.2, 0.25) is 0 Å². The van der Waals surface area contributed by atoms with Gasteiger partial charge in [0.1, 0.15) is 5.82 Å². The number of aromatic nitrogens is 1. The Hall–Kier alpha value is -2.88. The molecule has 0 fully saturated rings. The highest BCUT2D eigenvalue weighted by atomic mass is 19.1. The molecular formula is C19H17FN2O. The van der Waals surface area contributed by atoms with Gasteiger partial charge in [-0.05, 0) is 61.0 Å². The Morgan fingerprint density at radius 3 is 2.22 bits per heavy atom. The Bertz CT molecular complexity index is 777. The number of nitrogens with zero attached hydrogens (tertiary/aromatic N) is 1. The van der Waals surface area contributed by atoms with Gasteiger partial charge in [0.25, 0.3) is 5.91 Å². The third kappa shape index (κ3) is 3.48. The SMILES string of the molecule is CC(NC(=O)c1ccc(-n2cccc2)cc1)c1ccc(F)cc1. The van der Waals surface area contributed by atoms with E-state index in [1.807, 2.05) is 48.1 Å². The lowest BCUT2D eigenvalue weighted by Gasteiger charge is -2.14. The summed E-state index contributed by atoms with van der Waals surface area (Å²) in [7, 11) is 0. The molecule has 0 saturated carbocycles. The zero-order valence-corrected chi connectivity index (χ0v) is 12.7. The highest BCUT2D eigenvalue weighted by molar-refractivity contribution is 5.94. The number of amides is 1. The second-order valence-electron chi connectivity index (χ2n) is 5.38. The lowest BCUT2D eigenvalue weighted by molar-refractivity contribution is 0.0940. The average Bonchev–Trinajstić information content (AvgIpc) is 3.10. The predicted octanol–water partition coefficient (Wildman–Crippen LogP) is 4.11. The molecule has 1 N–H and O–H groups in total. The van der Waals surface area contributed by atoms with Crippen LogP contribution in [0.5, 0.6) is 0 Å². The van der Waals surface area contributed by atoms with Crippen LogP contribution in [0.1, 0.15) is 28.9 Å². The second-order valence-corrected chi connectivity index (χ2v) is 5.38. The smallest absolute Gasteiger partial charge is 0.251 e. The zero-order valence-electron chi connectivity index (χ0n) is 12.7. The number of rotatable bonds is 4. The van der Waals surface area contributed by atoms with Gasteiger partial charge in [-0.1, -0.05) is 12.1 Å². The van der Waals surface area contributed by atoms with E-state index in [1.54, 1.807) is 24.3 Å². The van der Waals surface area contributed by atoms with Crippen LogP contribution in [-0.2, 0) is 0 Å². The fourth-order valence-corrected chi connectivity index (χ4v) is 2.41. The van der Waals surface area contributed by atoms with Gasteiger partial charge in [0, 0.05) is 23.6 Å². The first-order valence-electron chi connectivity index (χ1n) is 7.43. The first-order valence-corrected chi connectivity index (χ1v) is 7.43. The fourth-order valence-electron chi connectivity index (χ4n) is 2.41. The topological polar surface area (TPSA) is 34.0 Å². The summed E-state index contributed by atoms with van der Waals surface area (Å²) < 4.78 is 14.9. The standard InChI is InChI=1S/C19H17FN2O/c1-14(15-4-8-17(20)9-5-15)21-19(23)16-6-10-18(11-7-16)22-12-2-3-13-22/h2-14H,1H3,(H,21,23). The van der Waals surface area contributed by atoms with Gasteiger partial charge in [-0.2, -0.15) is 0 Å². The normalized spacial score (nSPS) is 11.9. The van der Waals surface area contributed by atoms with Gasteiger partial charge in [-0.25, -0.2) is 4.39 Å². The fraction of sp³-hybridized carbons (Fsp3) is 0.105. The van der Waals surface area contributed by atoms with E-state index in [0.717, 1.165) is 11.3 Å². The molecule has 4 heteroatoms. The van der Waals surface area contributed by atoms with Gasteiger partial charge in [0.15, 0.2) is 0 Å². The van der Waals surface area contributed by atoms with Crippen molar-refractivity contribution in [3.63, 3.8) is 0 Å². The van der Waals surface area contributed by atoms with Crippen LogP contribution in [0, 0.1) is 5.82 Å². The van der Waals surface area contributed by atoms with Gasteiger partial charge in [0.05, 0.1) is 6.04 Å². The van der Waals surface area contributed by atoms with E-state index in [2.05, 4.69) is 5.32 Å². The van der Waals surface area contributed by atoms with Crippen LogP contribution in [0.15, 0.2) is 73.1 Å². The highest BCUT2D eigenvalue weighted by Crippen LogP contribution is 2.15. The van der Waals surface area contributed by atoms with Crippen LogP contribution in [0.3, 0.4) is 0 Å².